The maximum atomic E-state index is 12.8. The van der Waals surface area contributed by atoms with Gasteiger partial charge < -0.3 is 10.5 Å². The zero-order valence-electron chi connectivity index (χ0n) is 13.2. The van der Waals surface area contributed by atoms with Gasteiger partial charge in [0.05, 0.1) is 18.4 Å². The molecule has 8 heteroatoms. The van der Waals surface area contributed by atoms with Crippen molar-refractivity contribution in [2.45, 2.75) is 0 Å². The van der Waals surface area contributed by atoms with Crippen molar-refractivity contribution >= 4 is 34.6 Å². The molecule has 2 aromatic carbocycles. The Kier molecular flexibility index (Phi) is 5.71. The molecule has 0 spiro atoms. The predicted molar refractivity (Wildman–Crippen MR) is 96.5 cm³/mol. The van der Waals surface area contributed by atoms with Gasteiger partial charge in [0.25, 0.3) is 0 Å². The van der Waals surface area contributed by atoms with Gasteiger partial charge in [0.2, 0.25) is 5.71 Å². The summed E-state index contributed by atoms with van der Waals surface area (Å²) >= 11 is 5.85. The lowest BCUT2D eigenvalue weighted by Gasteiger charge is -2.11. The summed E-state index contributed by atoms with van der Waals surface area (Å²) in [6.07, 6.45) is 0. The molecule has 0 saturated heterocycles. The molecule has 0 aliphatic carbocycles. The molecule has 25 heavy (non-hydrogen) atoms. The average Bonchev–Trinajstić information content (AvgIpc) is 2.62. The lowest BCUT2D eigenvalue weighted by Crippen LogP contribution is -2.22. The monoisotopic (exact) mass is 355 g/mol. The van der Waals surface area contributed by atoms with Crippen molar-refractivity contribution in [3.8, 4) is 11.8 Å². The third-order valence-electron chi connectivity index (χ3n) is 3.23. The topological polar surface area (TPSA) is 124 Å². The second kappa shape index (κ2) is 7.95. The van der Waals surface area contributed by atoms with Crippen molar-refractivity contribution in [3.05, 3.63) is 58.6 Å². The third kappa shape index (κ3) is 4.34. The Morgan fingerprint density at radius 2 is 2.00 bits per heavy atom. The first kappa shape index (κ1) is 18.0. The zero-order chi connectivity index (χ0) is 18.4. The van der Waals surface area contributed by atoms with Crippen LogP contribution in [0, 0.1) is 16.7 Å². The van der Waals surface area contributed by atoms with Crippen LogP contribution in [-0.4, -0.2) is 24.4 Å². The van der Waals surface area contributed by atoms with E-state index in [1.165, 1.54) is 7.11 Å². The van der Waals surface area contributed by atoms with Gasteiger partial charge in [-0.25, -0.2) is 0 Å². The van der Waals surface area contributed by atoms with E-state index in [2.05, 4.69) is 10.5 Å². The standard InChI is InChI=1S/C17H14ClN5O2/c1-25-12-6-7-14(22-23-15(9-19)17(20)21)13(8-12)16(24)10-2-4-11(18)5-3-10/h2-8,22H,1H3,(H3,20,21)/b23-15+. The maximum Gasteiger partial charge on any atom is 0.201 e. The largest absolute Gasteiger partial charge is 0.497 e. The van der Waals surface area contributed by atoms with E-state index < -0.39 is 5.84 Å². The number of ketones is 1. The molecule has 0 aliphatic heterocycles. The Balaban J connectivity index is 2.44. The molecule has 0 bridgehead atoms. The number of nitriles is 1. The van der Waals surface area contributed by atoms with Gasteiger partial charge in [-0.2, -0.15) is 10.4 Å². The van der Waals surface area contributed by atoms with Gasteiger partial charge in [0, 0.05) is 10.6 Å². The minimum Gasteiger partial charge on any atom is -0.497 e. The van der Waals surface area contributed by atoms with Crippen molar-refractivity contribution in [1.82, 2.24) is 0 Å². The van der Waals surface area contributed by atoms with Crippen molar-refractivity contribution in [2.24, 2.45) is 10.8 Å². The minimum atomic E-state index is -0.478. The first-order chi connectivity index (χ1) is 12.0. The molecular weight excluding hydrogens is 342 g/mol. The van der Waals surface area contributed by atoms with Crippen LogP contribution in [0.2, 0.25) is 5.02 Å². The molecular formula is C17H14ClN5O2. The molecule has 0 saturated carbocycles. The summed E-state index contributed by atoms with van der Waals surface area (Å²) in [7, 11) is 1.49. The summed E-state index contributed by atoms with van der Waals surface area (Å²) in [5.41, 5.74) is 8.61. The fraction of sp³-hybridized carbons (Fsp3) is 0.0588. The van der Waals surface area contributed by atoms with Crippen LogP contribution in [0.5, 0.6) is 5.75 Å². The highest BCUT2D eigenvalue weighted by Gasteiger charge is 2.15. The molecule has 0 fully saturated rings. The number of nitrogens with zero attached hydrogens (tertiary/aromatic N) is 2. The quantitative estimate of drug-likeness (QED) is 0.318. The SMILES string of the molecule is COc1ccc(N/N=C(\C#N)C(=N)N)c(C(=O)c2ccc(Cl)cc2)c1. The Bertz CT molecular complexity index is 885. The van der Waals surface area contributed by atoms with Crippen molar-refractivity contribution in [1.29, 1.82) is 10.7 Å². The van der Waals surface area contributed by atoms with Crippen LogP contribution >= 0.6 is 11.6 Å². The predicted octanol–water partition coefficient (Wildman–Crippen LogP) is 2.81. The number of amidine groups is 1. The van der Waals surface area contributed by atoms with Gasteiger partial charge >= 0.3 is 0 Å². The number of methoxy groups -OCH3 is 1. The number of hydrogen-bond donors (Lipinski definition) is 3. The normalized spacial score (nSPS) is 10.7. The number of hydrazone groups is 1. The summed E-state index contributed by atoms with van der Waals surface area (Å²) in [5.74, 6) is -0.275. The maximum absolute atomic E-state index is 12.8. The summed E-state index contributed by atoms with van der Waals surface area (Å²) in [4.78, 5) is 12.8. The zero-order valence-corrected chi connectivity index (χ0v) is 14.0. The van der Waals surface area contributed by atoms with E-state index in [0.717, 1.165) is 0 Å². The number of carbonyl (C=O) groups excluding carboxylic acids is 1. The van der Waals surface area contributed by atoms with Gasteiger partial charge in [0.1, 0.15) is 11.8 Å². The Morgan fingerprint density at radius 3 is 2.56 bits per heavy atom. The van der Waals surface area contributed by atoms with E-state index in [-0.39, 0.29) is 17.1 Å². The number of benzene rings is 2. The molecule has 0 unspecified atom stereocenters. The van der Waals surface area contributed by atoms with Crippen LogP contribution < -0.4 is 15.9 Å². The van der Waals surface area contributed by atoms with E-state index in [0.29, 0.717) is 22.0 Å². The molecule has 0 amide bonds. The molecule has 0 atom stereocenters. The highest BCUT2D eigenvalue weighted by atomic mass is 35.5. The smallest absolute Gasteiger partial charge is 0.201 e. The molecule has 0 aliphatic rings. The molecule has 2 rings (SSSR count). The van der Waals surface area contributed by atoms with Crippen LogP contribution in [0.1, 0.15) is 15.9 Å². The number of nitrogens with one attached hydrogen (secondary N) is 2. The van der Waals surface area contributed by atoms with Gasteiger partial charge in [-0.1, -0.05) is 11.6 Å². The van der Waals surface area contributed by atoms with Gasteiger partial charge in [-0.15, -0.1) is 0 Å². The van der Waals surface area contributed by atoms with E-state index in [9.17, 15) is 4.79 Å². The Labute approximate surface area is 149 Å². The first-order valence-electron chi connectivity index (χ1n) is 7.02. The Hall–Kier alpha value is -3.37. The first-order valence-corrected chi connectivity index (χ1v) is 7.40. The fourth-order valence-corrected chi connectivity index (χ4v) is 2.08. The lowest BCUT2D eigenvalue weighted by molar-refractivity contribution is 0.103. The second-order valence-corrected chi connectivity index (χ2v) is 5.28. The van der Waals surface area contributed by atoms with Crippen LogP contribution in [0.25, 0.3) is 0 Å². The molecule has 7 nitrogen and oxygen atoms in total. The van der Waals surface area contributed by atoms with Crippen molar-refractivity contribution in [2.75, 3.05) is 12.5 Å². The van der Waals surface area contributed by atoms with E-state index >= 15 is 0 Å². The summed E-state index contributed by atoms with van der Waals surface area (Å²) in [5, 5.41) is 20.4. The van der Waals surface area contributed by atoms with Crippen molar-refractivity contribution in [3.63, 3.8) is 0 Å². The Morgan fingerprint density at radius 1 is 1.32 bits per heavy atom. The molecule has 2 aromatic rings. The highest BCUT2D eigenvalue weighted by molar-refractivity contribution is 6.45. The molecule has 0 aromatic heterocycles. The van der Waals surface area contributed by atoms with Gasteiger partial charge in [-0.05, 0) is 42.5 Å². The average molecular weight is 356 g/mol. The number of rotatable bonds is 6. The number of anilines is 1. The minimum absolute atomic E-state index is 0.283. The molecule has 0 radical (unpaired) electrons. The highest BCUT2D eigenvalue weighted by Crippen LogP contribution is 2.25. The van der Waals surface area contributed by atoms with Crippen LogP contribution in [0.15, 0.2) is 47.6 Å². The van der Waals surface area contributed by atoms with Crippen molar-refractivity contribution < 1.29 is 9.53 Å². The van der Waals surface area contributed by atoms with E-state index in [1.807, 2.05) is 0 Å². The molecule has 4 N–H and O–H groups in total. The fourth-order valence-electron chi connectivity index (χ4n) is 1.95. The number of halogens is 1. The van der Waals surface area contributed by atoms with Crippen LogP contribution in [0.3, 0.4) is 0 Å². The van der Waals surface area contributed by atoms with Gasteiger partial charge in [0.15, 0.2) is 11.6 Å². The number of ether oxygens (including phenoxy) is 1. The van der Waals surface area contributed by atoms with Gasteiger partial charge in [-0.3, -0.25) is 15.6 Å². The summed E-state index contributed by atoms with van der Waals surface area (Å²) in [6, 6.07) is 12.9. The number of carbonyl (C=O) groups is 1. The summed E-state index contributed by atoms with van der Waals surface area (Å²) < 4.78 is 5.16. The number of hydrogen-bond acceptors (Lipinski definition) is 6. The molecule has 0 heterocycles. The number of nitrogens with two attached hydrogens (primary N) is 1. The van der Waals surface area contributed by atoms with Crippen LogP contribution in [0.4, 0.5) is 5.69 Å². The third-order valence-corrected chi connectivity index (χ3v) is 3.48. The summed E-state index contributed by atoms with van der Waals surface area (Å²) in [6.45, 7) is 0. The van der Waals surface area contributed by atoms with Crippen LogP contribution in [-0.2, 0) is 0 Å². The van der Waals surface area contributed by atoms with E-state index in [4.69, 9.17) is 32.7 Å². The molecule has 126 valence electrons. The van der Waals surface area contributed by atoms with E-state index in [1.54, 1.807) is 48.5 Å². The second-order valence-electron chi connectivity index (χ2n) is 4.85. The lowest BCUT2D eigenvalue weighted by atomic mass is 10.0.